The fraction of sp³-hybridized carbons (Fsp3) is 0.312. The summed E-state index contributed by atoms with van der Waals surface area (Å²) >= 11 is 6.87. The number of amides is 1. The Morgan fingerprint density at radius 1 is 1.19 bits per heavy atom. The average Bonchev–Trinajstić information content (AvgIpc) is 3.33. The zero-order valence-electron chi connectivity index (χ0n) is 13.9. The van der Waals surface area contributed by atoms with Gasteiger partial charge in [-0.2, -0.15) is 5.10 Å². The van der Waals surface area contributed by atoms with E-state index in [-0.39, 0.29) is 12.5 Å². The molecule has 1 amide bonds. The normalized spacial score (nSPS) is 14.6. The lowest BCUT2D eigenvalue weighted by molar-refractivity contribution is -0.132. The first-order valence-corrected chi connectivity index (χ1v) is 9.50. The Hall–Kier alpha value is -2.59. The van der Waals surface area contributed by atoms with E-state index >= 15 is 0 Å². The number of aromatic amines is 1. The van der Waals surface area contributed by atoms with Gasteiger partial charge in [-0.3, -0.25) is 14.5 Å². The van der Waals surface area contributed by atoms with Crippen LogP contribution in [0.4, 0.5) is 5.95 Å². The molecule has 3 aromatic heterocycles. The van der Waals surface area contributed by atoms with E-state index in [0.29, 0.717) is 42.7 Å². The minimum absolute atomic E-state index is 0.0361. The van der Waals surface area contributed by atoms with Gasteiger partial charge in [-0.15, -0.1) is 11.3 Å². The first-order valence-electron chi connectivity index (χ1n) is 8.21. The Morgan fingerprint density at radius 3 is 2.65 bits per heavy atom. The van der Waals surface area contributed by atoms with Crippen molar-refractivity contribution in [2.75, 3.05) is 31.1 Å². The highest BCUT2D eigenvalue weighted by molar-refractivity contribution is 7.71. The molecule has 1 aliphatic heterocycles. The summed E-state index contributed by atoms with van der Waals surface area (Å²) in [6.45, 7) is 2.88. The molecule has 3 aromatic rings. The molecule has 0 aromatic carbocycles. The van der Waals surface area contributed by atoms with E-state index in [9.17, 15) is 4.79 Å². The van der Waals surface area contributed by atoms with Crippen LogP contribution in [0.2, 0.25) is 0 Å². The van der Waals surface area contributed by atoms with Crippen LogP contribution < -0.4 is 4.90 Å². The summed E-state index contributed by atoms with van der Waals surface area (Å²) in [6.07, 6.45) is 3.46. The molecule has 0 bridgehead atoms. The van der Waals surface area contributed by atoms with Crippen LogP contribution in [0.1, 0.15) is 0 Å². The van der Waals surface area contributed by atoms with Crippen LogP contribution in [0.15, 0.2) is 36.0 Å². The van der Waals surface area contributed by atoms with Crippen molar-refractivity contribution in [1.29, 1.82) is 0 Å². The molecule has 4 rings (SSSR count). The lowest BCUT2D eigenvalue weighted by Crippen LogP contribution is -2.50. The van der Waals surface area contributed by atoms with Gasteiger partial charge in [0.1, 0.15) is 6.54 Å². The Bertz CT molecular complexity index is 927. The van der Waals surface area contributed by atoms with E-state index in [1.165, 1.54) is 0 Å². The van der Waals surface area contributed by atoms with Gasteiger partial charge in [0, 0.05) is 38.6 Å². The van der Waals surface area contributed by atoms with Crippen LogP contribution in [0.5, 0.6) is 0 Å². The average molecular weight is 387 g/mol. The molecule has 4 heterocycles. The van der Waals surface area contributed by atoms with E-state index in [0.717, 1.165) is 4.88 Å². The Kier molecular flexibility index (Phi) is 4.76. The maximum atomic E-state index is 12.8. The molecule has 26 heavy (non-hydrogen) atoms. The summed E-state index contributed by atoms with van der Waals surface area (Å²) in [5, 5.41) is 9.03. The number of H-pyrrole nitrogens is 1. The molecule has 0 aliphatic carbocycles. The minimum atomic E-state index is 0.0361. The molecule has 0 atom stereocenters. The summed E-state index contributed by atoms with van der Waals surface area (Å²) in [6, 6.07) is 5.72. The number of anilines is 1. The van der Waals surface area contributed by atoms with E-state index < -0.39 is 0 Å². The fourth-order valence-electron chi connectivity index (χ4n) is 2.90. The fourth-order valence-corrected chi connectivity index (χ4v) is 3.82. The molecular formula is C16H17N7OS2. The van der Waals surface area contributed by atoms with Gasteiger partial charge in [-0.05, 0) is 29.7 Å². The molecule has 0 saturated carbocycles. The van der Waals surface area contributed by atoms with Gasteiger partial charge in [-0.25, -0.2) is 9.97 Å². The summed E-state index contributed by atoms with van der Waals surface area (Å²) in [7, 11) is 0. The number of carbonyl (C=O) groups is 1. The van der Waals surface area contributed by atoms with Gasteiger partial charge in [0.2, 0.25) is 11.9 Å². The van der Waals surface area contributed by atoms with Crippen LogP contribution in [-0.2, 0) is 11.3 Å². The van der Waals surface area contributed by atoms with Gasteiger partial charge < -0.3 is 9.80 Å². The van der Waals surface area contributed by atoms with Crippen LogP contribution in [-0.4, -0.2) is 61.7 Å². The highest BCUT2D eigenvalue weighted by Gasteiger charge is 2.23. The molecule has 10 heteroatoms. The van der Waals surface area contributed by atoms with Crippen LogP contribution >= 0.6 is 23.6 Å². The molecule has 0 unspecified atom stereocenters. The Labute approximate surface area is 159 Å². The summed E-state index contributed by atoms with van der Waals surface area (Å²) in [5.41, 5.74) is 0. The zero-order valence-corrected chi connectivity index (χ0v) is 15.5. The molecule has 1 fully saturated rings. The number of thiophene rings is 1. The molecule has 134 valence electrons. The van der Waals surface area contributed by atoms with Crippen molar-refractivity contribution in [2.24, 2.45) is 0 Å². The highest BCUT2D eigenvalue weighted by atomic mass is 32.1. The number of piperazine rings is 1. The quantitative estimate of drug-likeness (QED) is 0.688. The summed E-state index contributed by atoms with van der Waals surface area (Å²) in [5.74, 6) is 1.44. The second-order valence-corrected chi connectivity index (χ2v) is 7.17. The molecular weight excluding hydrogens is 370 g/mol. The van der Waals surface area contributed by atoms with E-state index in [1.807, 2.05) is 22.4 Å². The van der Waals surface area contributed by atoms with Crippen molar-refractivity contribution < 1.29 is 4.79 Å². The largest absolute Gasteiger partial charge is 0.338 e. The topological polar surface area (TPSA) is 82.9 Å². The molecule has 0 spiro atoms. The monoisotopic (exact) mass is 387 g/mol. The summed E-state index contributed by atoms with van der Waals surface area (Å²) in [4.78, 5) is 26.2. The highest BCUT2D eigenvalue weighted by Crippen LogP contribution is 2.23. The third-order valence-electron chi connectivity index (χ3n) is 4.26. The van der Waals surface area contributed by atoms with Gasteiger partial charge >= 0.3 is 0 Å². The second kappa shape index (κ2) is 7.34. The third-order valence-corrected chi connectivity index (χ3v) is 5.44. The van der Waals surface area contributed by atoms with Crippen molar-refractivity contribution in [3.63, 3.8) is 0 Å². The smallest absolute Gasteiger partial charge is 0.242 e. The van der Waals surface area contributed by atoms with Gasteiger partial charge in [0.25, 0.3) is 0 Å². The van der Waals surface area contributed by atoms with Crippen molar-refractivity contribution in [3.05, 3.63) is 40.7 Å². The molecule has 0 radical (unpaired) electrons. The van der Waals surface area contributed by atoms with Crippen molar-refractivity contribution in [1.82, 2.24) is 29.6 Å². The van der Waals surface area contributed by atoms with Crippen LogP contribution in [0.3, 0.4) is 0 Å². The lowest BCUT2D eigenvalue weighted by atomic mass is 10.3. The van der Waals surface area contributed by atoms with Gasteiger partial charge in [0.05, 0.1) is 4.88 Å². The lowest BCUT2D eigenvalue weighted by Gasteiger charge is -2.34. The number of hydrogen-bond donors (Lipinski definition) is 1. The number of nitrogens with zero attached hydrogens (tertiary/aromatic N) is 6. The van der Waals surface area contributed by atoms with Crippen molar-refractivity contribution >= 4 is 35.4 Å². The predicted molar refractivity (Wildman–Crippen MR) is 102 cm³/mol. The molecule has 1 saturated heterocycles. The van der Waals surface area contributed by atoms with Crippen LogP contribution in [0.25, 0.3) is 10.7 Å². The Morgan fingerprint density at radius 2 is 1.96 bits per heavy atom. The SMILES string of the molecule is O=C(Cn1c(-c2cccs2)n[nH]c1=S)N1CCN(c2ncccn2)CC1. The number of hydrogen-bond acceptors (Lipinski definition) is 7. The standard InChI is InChI=1S/C16H17N7OS2/c24-13(11-23-14(19-20-16(23)25)12-3-1-10-26-12)21-6-8-22(9-7-21)15-17-4-2-5-18-15/h1-5,10H,6-9,11H2,(H,20,25). The van der Waals surface area contributed by atoms with Gasteiger partial charge in [-0.1, -0.05) is 6.07 Å². The maximum Gasteiger partial charge on any atom is 0.242 e. The van der Waals surface area contributed by atoms with Gasteiger partial charge in [0.15, 0.2) is 10.6 Å². The molecule has 1 N–H and O–H groups in total. The predicted octanol–water partition coefficient (Wildman–Crippen LogP) is 1.81. The van der Waals surface area contributed by atoms with Crippen molar-refractivity contribution in [3.8, 4) is 10.7 Å². The van der Waals surface area contributed by atoms with E-state index in [1.54, 1.807) is 34.4 Å². The van der Waals surface area contributed by atoms with Crippen molar-refractivity contribution in [2.45, 2.75) is 6.54 Å². The number of nitrogens with one attached hydrogen (secondary N) is 1. The maximum absolute atomic E-state index is 12.8. The minimum Gasteiger partial charge on any atom is -0.338 e. The Balaban J connectivity index is 1.43. The molecule has 1 aliphatic rings. The first-order chi connectivity index (χ1) is 12.7. The van der Waals surface area contributed by atoms with E-state index in [4.69, 9.17) is 12.2 Å². The number of rotatable bonds is 4. The van der Waals surface area contributed by atoms with E-state index in [2.05, 4.69) is 25.1 Å². The number of carbonyl (C=O) groups excluding carboxylic acids is 1. The summed E-state index contributed by atoms with van der Waals surface area (Å²) < 4.78 is 2.22. The third kappa shape index (κ3) is 3.37. The zero-order chi connectivity index (χ0) is 17.9. The number of aromatic nitrogens is 5. The van der Waals surface area contributed by atoms with Crippen LogP contribution in [0, 0.1) is 4.77 Å². The first kappa shape index (κ1) is 16.9. The molecule has 8 nitrogen and oxygen atoms in total. The second-order valence-electron chi connectivity index (χ2n) is 5.83.